The zero-order valence-corrected chi connectivity index (χ0v) is 10.1. The third-order valence-corrected chi connectivity index (χ3v) is 2.87. The van der Waals surface area contributed by atoms with Gasteiger partial charge in [-0.15, -0.1) is 0 Å². The minimum Gasteiger partial charge on any atom is -0.309 e. The monoisotopic (exact) mass is 229 g/mol. The second-order valence-corrected chi connectivity index (χ2v) is 4.19. The van der Waals surface area contributed by atoms with Crippen LogP contribution in [0.3, 0.4) is 0 Å². The Morgan fingerprint density at radius 1 is 1.00 bits per heavy atom. The van der Waals surface area contributed by atoms with E-state index in [1.54, 1.807) is 0 Å². The summed E-state index contributed by atoms with van der Waals surface area (Å²) < 4.78 is 12.9. The third kappa shape index (κ3) is 2.71. The largest absolute Gasteiger partial charge is 0.309 e. The van der Waals surface area contributed by atoms with Crippen molar-refractivity contribution in [1.29, 1.82) is 0 Å². The molecule has 0 aliphatic heterocycles. The van der Waals surface area contributed by atoms with E-state index in [1.807, 2.05) is 25.2 Å². The predicted octanol–water partition coefficient (Wildman–Crippen LogP) is 3.44. The number of aryl methyl sites for hydroxylation is 1. The predicted molar refractivity (Wildman–Crippen MR) is 68.5 cm³/mol. The summed E-state index contributed by atoms with van der Waals surface area (Å²) in [7, 11) is 1.91. The molecule has 1 atom stereocenters. The molecule has 0 heterocycles. The zero-order chi connectivity index (χ0) is 12.3. The summed E-state index contributed by atoms with van der Waals surface area (Å²) in [6.45, 7) is 2.07. The quantitative estimate of drug-likeness (QED) is 0.850. The molecule has 2 aromatic rings. The second kappa shape index (κ2) is 5.11. The summed E-state index contributed by atoms with van der Waals surface area (Å²) in [5.41, 5.74) is 3.49. The molecule has 2 heteroatoms. The van der Waals surface area contributed by atoms with Crippen molar-refractivity contribution in [2.75, 3.05) is 7.05 Å². The Bertz CT molecular complexity index is 491. The highest BCUT2D eigenvalue weighted by Gasteiger charge is 2.11. The fourth-order valence-corrected chi connectivity index (χ4v) is 2.03. The van der Waals surface area contributed by atoms with E-state index in [1.165, 1.54) is 23.3 Å². The van der Waals surface area contributed by atoms with E-state index in [0.29, 0.717) is 0 Å². The SMILES string of the molecule is CNC(c1ccc(F)cc1)c1cccc(C)c1. The van der Waals surface area contributed by atoms with Gasteiger partial charge >= 0.3 is 0 Å². The van der Waals surface area contributed by atoms with Crippen molar-refractivity contribution in [3.63, 3.8) is 0 Å². The zero-order valence-electron chi connectivity index (χ0n) is 10.1. The molecule has 0 radical (unpaired) electrons. The van der Waals surface area contributed by atoms with Gasteiger partial charge in [-0.3, -0.25) is 0 Å². The molecule has 0 amide bonds. The number of hydrogen-bond acceptors (Lipinski definition) is 1. The summed E-state index contributed by atoms with van der Waals surface area (Å²) in [6, 6.07) is 15.1. The van der Waals surface area contributed by atoms with Crippen LogP contribution in [0.2, 0.25) is 0 Å². The third-order valence-electron chi connectivity index (χ3n) is 2.87. The van der Waals surface area contributed by atoms with Gasteiger partial charge in [0.15, 0.2) is 0 Å². The van der Waals surface area contributed by atoms with Crippen molar-refractivity contribution in [2.45, 2.75) is 13.0 Å². The number of hydrogen-bond donors (Lipinski definition) is 1. The molecule has 0 saturated carbocycles. The van der Waals surface area contributed by atoms with Crippen molar-refractivity contribution in [2.24, 2.45) is 0 Å². The topological polar surface area (TPSA) is 12.0 Å². The minimum absolute atomic E-state index is 0.107. The Hall–Kier alpha value is -1.67. The van der Waals surface area contributed by atoms with Crippen LogP contribution in [-0.2, 0) is 0 Å². The smallest absolute Gasteiger partial charge is 0.123 e. The van der Waals surface area contributed by atoms with Crippen LogP contribution in [0.15, 0.2) is 48.5 Å². The van der Waals surface area contributed by atoms with Crippen LogP contribution in [0.5, 0.6) is 0 Å². The van der Waals surface area contributed by atoms with Gasteiger partial charge in [0.2, 0.25) is 0 Å². The molecule has 0 saturated heterocycles. The lowest BCUT2D eigenvalue weighted by atomic mass is 9.97. The summed E-state index contributed by atoms with van der Waals surface area (Å²) >= 11 is 0. The van der Waals surface area contributed by atoms with Gasteiger partial charge in [0.1, 0.15) is 5.82 Å². The van der Waals surface area contributed by atoms with Crippen LogP contribution in [0, 0.1) is 12.7 Å². The van der Waals surface area contributed by atoms with Crippen molar-refractivity contribution >= 4 is 0 Å². The van der Waals surface area contributed by atoms with E-state index >= 15 is 0 Å². The van der Waals surface area contributed by atoms with Crippen LogP contribution < -0.4 is 5.32 Å². The Labute approximate surface area is 101 Å². The van der Waals surface area contributed by atoms with E-state index in [0.717, 1.165) is 5.56 Å². The molecule has 88 valence electrons. The van der Waals surface area contributed by atoms with Crippen molar-refractivity contribution in [3.05, 3.63) is 71.0 Å². The fourth-order valence-electron chi connectivity index (χ4n) is 2.03. The lowest BCUT2D eigenvalue weighted by Gasteiger charge is -2.17. The molecule has 2 aromatic carbocycles. The Morgan fingerprint density at radius 2 is 1.71 bits per heavy atom. The standard InChI is InChI=1S/C15H16FN/c1-11-4-3-5-13(10-11)15(17-2)12-6-8-14(16)9-7-12/h3-10,15,17H,1-2H3. The van der Waals surface area contributed by atoms with Gasteiger partial charge < -0.3 is 5.32 Å². The van der Waals surface area contributed by atoms with Crippen LogP contribution >= 0.6 is 0 Å². The molecule has 17 heavy (non-hydrogen) atoms. The number of benzene rings is 2. The van der Waals surface area contributed by atoms with Crippen molar-refractivity contribution in [1.82, 2.24) is 5.32 Å². The first-order valence-electron chi connectivity index (χ1n) is 5.70. The average molecular weight is 229 g/mol. The van der Waals surface area contributed by atoms with Crippen molar-refractivity contribution < 1.29 is 4.39 Å². The summed E-state index contributed by atoms with van der Waals surface area (Å²) in [5.74, 6) is -0.201. The van der Waals surface area contributed by atoms with E-state index in [2.05, 4.69) is 30.4 Å². The normalized spacial score (nSPS) is 12.4. The molecule has 0 aliphatic rings. The van der Waals surface area contributed by atoms with E-state index < -0.39 is 0 Å². The Kier molecular flexibility index (Phi) is 3.55. The molecule has 2 rings (SSSR count). The molecular formula is C15H16FN. The van der Waals surface area contributed by atoms with E-state index in [9.17, 15) is 4.39 Å². The van der Waals surface area contributed by atoms with Crippen LogP contribution in [-0.4, -0.2) is 7.05 Å². The second-order valence-electron chi connectivity index (χ2n) is 4.19. The maximum atomic E-state index is 12.9. The highest BCUT2D eigenvalue weighted by atomic mass is 19.1. The van der Waals surface area contributed by atoms with Gasteiger partial charge in [-0.05, 0) is 37.2 Å². The highest BCUT2D eigenvalue weighted by Crippen LogP contribution is 2.22. The molecule has 1 nitrogen and oxygen atoms in total. The molecule has 1 unspecified atom stereocenters. The van der Waals surface area contributed by atoms with Gasteiger partial charge in [-0.2, -0.15) is 0 Å². The van der Waals surface area contributed by atoms with Gasteiger partial charge in [0, 0.05) is 0 Å². The molecule has 0 aliphatic carbocycles. The first kappa shape index (κ1) is 11.8. The first-order valence-corrected chi connectivity index (χ1v) is 5.70. The first-order chi connectivity index (χ1) is 8.20. The fraction of sp³-hybridized carbons (Fsp3) is 0.200. The number of nitrogens with one attached hydrogen (secondary N) is 1. The Morgan fingerprint density at radius 3 is 2.29 bits per heavy atom. The van der Waals surface area contributed by atoms with Gasteiger partial charge in [-0.1, -0.05) is 42.0 Å². The number of halogens is 1. The lowest BCUT2D eigenvalue weighted by Crippen LogP contribution is -2.17. The maximum Gasteiger partial charge on any atom is 0.123 e. The van der Waals surface area contributed by atoms with Gasteiger partial charge in [0.05, 0.1) is 6.04 Å². The molecule has 0 bridgehead atoms. The molecule has 0 spiro atoms. The summed E-state index contributed by atoms with van der Waals surface area (Å²) in [6.07, 6.45) is 0. The van der Waals surface area contributed by atoms with Crippen LogP contribution in [0.1, 0.15) is 22.7 Å². The lowest BCUT2D eigenvalue weighted by molar-refractivity contribution is 0.623. The van der Waals surface area contributed by atoms with Gasteiger partial charge in [0.25, 0.3) is 0 Å². The number of rotatable bonds is 3. The molecule has 0 aromatic heterocycles. The average Bonchev–Trinajstić information content (AvgIpc) is 2.33. The summed E-state index contributed by atoms with van der Waals surface area (Å²) in [4.78, 5) is 0. The maximum absolute atomic E-state index is 12.9. The summed E-state index contributed by atoms with van der Waals surface area (Å²) in [5, 5.41) is 3.26. The van der Waals surface area contributed by atoms with Gasteiger partial charge in [-0.25, -0.2) is 4.39 Å². The van der Waals surface area contributed by atoms with E-state index in [-0.39, 0.29) is 11.9 Å². The highest BCUT2D eigenvalue weighted by molar-refractivity contribution is 5.33. The van der Waals surface area contributed by atoms with E-state index in [4.69, 9.17) is 0 Å². The van der Waals surface area contributed by atoms with Crippen LogP contribution in [0.25, 0.3) is 0 Å². The van der Waals surface area contributed by atoms with Crippen LogP contribution in [0.4, 0.5) is 4.39 Å². The molecular weight excluding hydrogens is 213 g/mol. The molecule has 1 N–H and O–H groups in total. The van der Waals surface area contributed by atoms with Crippen molar-refractivity contribution in [3.8, 4) is 0 Å². The Balaban J connectivity index is 2.36. The minimum atomic E-state index is -0.201. The molecule has 0 fully saturated rings.